The predicted octanol–water partition coefficient (Wildman–Crippen LogP) is 2.00. The van der Waals surface area contributed by atoms with Crippen molar-refractivity contribution in [3.8, 4) is 17.6 Å². The van der Waals surface area contributed by atoms with E-state index in [1.165, 1.54) is 14.2 Å². The van der Waals surface area contributed by atoms with E-state index in [1.807, 2.05) is 11.0 Å². The molecule has 9 heteroatoms. The molecule has 4 rings (SSSR count). The topological polar surface area (TPSA) is 120 Å². The summed E-state index contributed by atoms with van der Waals surface area (Å²) in [5.74, 6) is -0.705. The molecule has 1 amide bonds. The molecule has 1 saturated heterocycles. The average molecular weight is 409 g/mol. The van der Waals surface area contributed by atoms with Crippen LogP contribution in [0.1, 0.15) is 36.3 Å². The van der Waals surface area contributed by atoms with Gasteiger partial charge in [-0.05, 0) is 37.0 Å². The predicted molar refractivity (Wildman–Crippen MR) is 110 cm³/mol. The van der Waals surface area contributed by atoms with E-state index in [0.717, 1.165) is 32.4 Å². The second-order valence-electron chi connectivity index (χ2n) is 7.39. The van der Waals surface area contributed by atoms with Gasteiger partial charge in [-0.15, -0.1) is 0 Å². The van der Waals surface area contributed by atoms with Gasteiger partial charge in [0.05, 0.1) is 25.9 Å². The molecule has 30 heavy (non-hydrogen) atoms. The highest BCUT2D eigenvalue weighted by Crippen LogP contribution is 2.41. The van der Waals surface area contributed by atoms with Crippen molar-refractivity contribution in [2.45, 2.75) is 25.2 Å². The third-order valence-corrected chi connectivity index (χ3v) is 5.67. The third kappa shape index (κ3) is 3.34. The Morgan fingerprint density at radius 2 is 1.87 bits per heavy atom. The number of aromatic nitrogens is 2. The first-order valence-electron chi connectivity index (χ1n) is 9.89. The van der Waals surface area contributed by atoms with Crippen LogP contribution in [0.5, 0.6) is 11.5 Å². The Kier molecular flexibility index (Phi) is 5.31. The molecule has 9 nitrogen and oxygen atoms in total. The van der Waals surface area contributed by atoms with Crippen LogP contribution >= 0.6 is 0 Å². The van der Waals surface area contributed by atoms with E-state index in [9.17, 15) is 14.9 Å². The minimum Gasteiger partial charge on any atom is -0.493 e. The highest BCUT2D eigenvalue weighted by atomic mass is 16.5. The first-order chi connectivity index (χ1) is 14.6. The summed E-state index contributed by atoms with van der Waals surface area (Å²) in [4.78, 5) is 35.2. The molecule has 2 atom stereocenters. The van der Waals surface area contributed by atoms with Crippen LogP contribution in [0.15, 0.2) is 23.0 Å². The van der Waals surface area contributed by atoms with E-state index in [1.54, 1.807) is 18.2 Å². The smallest absolute Gasteiger partial charge is 0.258 e. The second kappa shape index (κ2) is 8.06. The molecule has 1 aromatic carbocycles. The number of methoxy groups -OCH3 is 2. The summed E-state index contributed by atoms with van der Waals surface area (Å²) in [6.45, 7) is 1.60. The number of piperidine rings is 1. The standard InChI is InChI=1S/C21H23N5O4/c1-29-14-7-6-12(10-15(14)30-2)16-13(11-22)19(27)23-18-17(16)20(28)25-21(24-18)26-8-4-3-5-9-26/h6-7,10,13,16H,3-5,8-9H2,1-2H3,(H2,23,24,25,27,28). The molecule has 0 bridgehead atoms. The van der Waals surface area contributed by atoms with Gasteiger partial charge in [-0.3, -0.25) is 14.6 Å². The zero-order chi connectivity index (χ0) is 21.3. The molecule has 0 aliphatic carbocycles. The zero-order valence-electron chi connectivity index (χ0n) is 16.9. The van der Waals surface area contributed by atoms with Crippen LogP contribution < -0.4 is 25.2 Å². The molecule has 2 N–H and O–H groups in total. The Balaban J connectivity index is 1.84. The summed E-state index contributed by atoms with van der Waals surface area (Å²) in [6.07, 6.45) is 3.20. The van der Waals surface area contributed by atoms with Gasteiger partial charge in [-0.25, -0.2) is 0 Å². The largest absolute Gasteiger partial charge is 0.493 e. The lowest BCUT2D eigenvalue weighted by molar-refractivity contribution is -0.119. The van der Waals surface area contributed by atoms with Gasteiger partial charge in [-0.2, -0.15) is 10.2 Å². The Labute approximate surface area is 173 Å². The van der Waals surface area contributed by atoms with E-state index in [4.69, 9.17) is 9.47 Å². The first kappa shape index (κ1) is 19.8. The molecule has 0 radical (unpaired) electrons. The number of nitrogens with one attached hydrogen (secondary N) is 2. The molecule has 2 aliphatic heterocycles. The van der Waals surface area contributed by atoms with E-state index >= 15 is 0 Å². The lowest BCUT2D eigenvalue weighted by Gasteiger charge is -2.31. The van der Waals surface area contributed by atoms with Crippen molar-refractivity contribution in [2.24, 2.45) is 5.92 Å². The number of rotatable bonds is 4. The minimum atomic E-state index is -1.07. The number of nitrogens with zero attached hydrogens (tertiary/aromatic N) is 3. The van der Waals surface area contributed by atoms with Crippen LogP contribution in [0.4, 0.5) is 11.8 Å². The van der Waals surface area contributed by atoms with E-state index in [-0.39, 0.29) is 16.9 Å². The number of amides is 1. The van der Waals surface area contributed by atoms with Crippen molar-refractivity contribution < 1.29 is 14.3 Å². The molecule has 1 fully saturated rings. The van der Waals surface area contributed by atoms with Crippen LogP contribution in [0.2, 0.25) is 0 Å². The lowest BCUT2D eigenvalue weighted by Crippen LogP contribution is -2.40. The number of nitriles is 1. The number of benzene rings is 1. The Hall–Kier alpha value is -3.54. The van der Waals surface area contributed by atoms with Crippen LogP contribution in [-0.2, 0) is 4.79 Å². The molecular weight excluding hydrogens is 386 g/mol. The number of ether oxygens (including phenoxy) is 2. The average Bonchev–Trinajstić information content (AvgIpc) is 2.78. The number of hydrogen-bond donors (Lipinski definition) is 2. The van der Waals surface area contributed by atoms with Gasteiger partial charge in [0.15, 0.2) is 11.5 Å². The number of hydrogen-bond acceptors (Lipinski definition) is 7. The van der Waals surface area contributed by atoms with Crippen molar-refractivity contribution in [3.05, 3.63) is 39.7 Å². The molecule has 0 saturated carbocycles. The zero-order valence-corrected chi connectivity index (χ0v) is 16.9. The maximum atomic E-state index is 13.1. The molecular formula is C21H23N5O4. The van der Waals surface area contributed by atoms with Gasteiger partial charge in [0.25, 0.3) is 5.56 Å². The Bertz CT molecular complexity index is 1070. The van der Waals surface area contributed by atoms with Crippen molar-refractivity contribution in [1.82, 2.24) is 9.97 Å². The van der Waals surface area contributed by atoms with Crippen molar-refractivity contribution in [1.29, 1.82) is 5.26 Å². The first-order valence-corrected chi connectivity index (χ1v) is 9.89. The molecule has 3 heterocycles. The summed E-state index contributed by atoms with van der Waals surface area (Å²) in [6, 6.07) is 7.15. The number of carbonyl (C=O) groups is 1. The lowest BCUT2D eigenvalue weighted by atomic mass is 9.79. The maximum absolute atomic E-state index is 13.1. The quantitative estimate of drug-likeness (QED) is 0.792. The van der Waals surface area contributed by atoms with Gasteiger partial charge >= 0.3 is 0 Å². The van der Waals surface area contributed by atoms with Gasteiger partial charge < -0.3 is 19.7 Å². The summed E-state index contributed by atoms with van der Waals surface area (Å²) in [5.41, 5.74) is 0.517. The van der Waals surface area contributed by atoms with E-state index in [2.05, 4.69) is 15.3 Å². The number of fused-ring (bicyclic) bond motifs is 1. The number of anilines is 2. The van der Waals surface area contributed by atoms with Gasteiger partial charge in [0.2, 0.25) is 11.9 Å². The SMILES string of the molecule is COc1ccc(C2c3c(nc(N4CCCCC4)[nH]c3=O)NC(=O)C2C#N)cc1OC. The van der Waals surface area contributed by atoms with E-state index < -0.39 is 17.7 Å². The molecule has 156 valence electrons. The Morgan fingerprint density at radius 3 is 2.53 bits per heavy atom. The number of carbonyl (C=O) groups excluding carboxylic acids is 1. The molecule has 2 unspecified atom stereocenters. The summed E-state index contributed by atoms with van der Waals surface area (Å²) >= 11 is 0. The van der Waals surface area contributed by atoms with Gasteiger partial charge in [0.1, 0.15) is 11.7 Å². The van der Waals surface area contributed by atoms with Crippen molar-refractivity contribution in [3.63, 3.8) is 0 Å². The van der Waals surface area contributed by atoms with Crippen molar-refractivity contribution in [2.75, 3.05) is 37.5 Å². The summed E-state index contributed by atoms with van der Waals surface area (Å²) in [7, 11) is 3.03. The van der Waals surface area contributed by atoms with Crippen LogP contribution in [0.3, 0.4) is 0 Å². The monoisotopic (exact) mass is 409 g/mol. The highest BCUT2D eigenvalue weighted by Gasteiger charge is 2.40. The molecule has 1 aromatic heterocycles. The highest BCUT2D eigenvalue weighted by molar-refractivity contribution is 5.98. The van der Waals surface area contributed by atoms with Gasteiger partial charge in [0, 0.05) is 19.0 Å². The molecule has 2 aromatic rings. The summed E-state index contributed by atoms with van der Waals surface area (Å²) < 4.78 is 10.6. The molecule has 2 aliphatic rings. The minimum absolute atomic E-state index is 0.204. The van der Waals surface area contributed by atoms with Crippen LogP contribution in [0.25, 0.3) is 0 Å². The number of aromatic amines is 1. The molecule has 0 spiro atoms. The fraction of sp³-hybridized carbons (Fsp3) is 0.429. The summed E-state index contributed by atoms with van der Waals surface area (Å²) in [5, 5.41) is 12.3. The van der Waals surface area contributed by atoms with E-state index in [0.29, 0.717) is 23.0 Å². The van der Waals surface area contributed by atoms with Crippen LogP contribution in [-0.4, -0.2) is 43.2 Å². The fourth-order valence-electron chi connectivity index (χ4n) is 4.16. The number of H-pyrrole nitrogens is 1. The second-order valence-corrected chi connectivity index (χ2v) is 7.39. The van der Waals surface area contributed by atoms with Gasteiger partial charge in [-0.1, -0.05) is 6.07 Å². The van der Waals surface area contributed by atoms with Crippen LogP contribution in [0, 0.1) is 17.2 Å². The Morgan fingerprint density at radius 1 is 1.13 bits per heavy atom. The van der Waals surface area contributed by atoms with Crippen molar-refractivity contribution >= 4 is 17.7 Å². The normalized spacial score (nSPS) is 20.7. The maximum Gasteiger partial charge on any atom is 0.258 e. The third-order valence-electron chi connectivity index (χ3n) is 5.67. The fourth-order valence-corrected chi connectivity index (χ4v) is 4.16.